The summed E-state index contributed by atoms with van der Waals surface area (Å²) in [4.78, 5) is 14.8. The Hall–Kier alpha value is -1.39. The van der Waals surface area contributed by atoms with Crippen LogP contribution in [-0.2, 0) is 0 Å². The number of rotatable bonds is 6. The molecular formula is C17H25NO3. The summed E-state index contributed by atoms with van der Waals surface area (Å²) in [5.41, 5.74) is 1.73. The Morgan fingerprint density at radius 3 is 2.95 bits per heavy atom. The number of piperidine rings is 1. The summed E-state index contributed by atoms with van der Waals surface area (Å²) >= 11 is 0. The topological polar surface area (TPSA) is 49.8 Å². The molecule has 21 heavy (non-hydrogen) atoms. The molecular weight excluding hydrogens is 266 g/mol. The van der Waals surface area contributed by atoms with Gasteiger partial charge in [-0.1, -0.05) is 12.5 Å². The lowest BCUT2D eigenvalue weighted by molar-refractivity contribution is 0.0796. The number of carbonyl (C=O) groups excluding carboxylic acids is 1. The first kappa shape index (κ1) is 16.0. The minimum Gasteiger partial charge on any atom is -0.496 e. The summed E-state index contributed by atoms with van der Waals surface area (Å²) in [5.74, 6) is 0.743. The fraction of sp³-hybridized carbons (Fsp3) is 0.588. The van der Waals surface area contributed by atoms with Gasteiger partial charge in [0.05, 0.1) is 19.2 Å². The Labute approximate surface area is 126 Å². The van der Waals surface area contributed by atoms with Crippen LogP contribution in [0.1, 0.15) is 41.6 Å². The average molecular weight is 291 g/mol. The van der Waals surface area contributed by atoms with Crippen LogP contribution in [0.15, 0.2) is 18.2 Å². The van der Waals surface area contributed by atoms with Crippen LogP contribution in [0.25, 0.3) is 0 Å². The lowest BCUT2D eigenvalue weighted by Gasteiger charge is -2.35. The summed E-state index contributed by atoms with van der Waals surface area (Å²) in [6, 6.07) is 6.01. The average Bonchev–Trinajstić information content (AvgIpc) is 2.49. The van der Waals surface area contributed by atoms with Crippen molar-refractivity contribution in [1.29, 1.82) is 0 Å². The lowest BCUT2D eigenvalue weighted by Crippen LogP contribution is -2.43. The Morgan fingerprint density at radius 2 is 2.24 bits per heavy atom. The molecule has 0 radical (unpaired) electrons. The van der Waals surface area contributed by atoms with Crippen LogP contribution in [0.2, 0.25) is 0 Å². The van der Waals surface area contributed by atoms with Crippen molar-refractivity contribution in [3.63, 3.8) is 0 Å². The fourth-order valence-corrected chi connectivity index (χ4v) is 3.04. The third-order valence-electron chi connectivity index (χ3n) is 4.22. The molecule has 2 rings (SSSR count). The summed E-state index contributed by atoms with van der Waals surface area (Å²) in [6.45, 7) is 3.51. The molecule has 4 nitrogen and oxygen atoms in total. The maximum Gasteiger partial charge on any atom is 0.180 e. The van der Waals surface area contributed by atoms with Crippen LogP contribution in [0.5, 0.6) is 5.75 Å². The third-order valence-corrected chi connectivity index (χ3v) is 4.22. The van der Waals surface area contributed by atoms with Crippen molar-refractivity contribution >= 4 is 5.78 Å². The first-order valence-corrected chi connectivity index (χ1v) is 7.68. The quantitative estimate of drug-likeness (QED) is 0.818. The maximum atomic E-state index is 12.6. The van der Waals surface area contributed by atoms with Crippen molar-refractivity contribution in [3.8, 4) is 5.75 Å². The standard InChI is InChI=1S/C17H25NO3/c1-13-6-7-15(17(11-13)21-2)16(20)12-18-9-4-3-5-14(18)8-10-19/h6-7,11,14,19H,3-5,8-10,12H2,1-2H3. The van der Waals surface area contributed by atoms with E-state index >= 15 is 0 Å². The van der Waals surface area contributed by atoms with E-state index in [-0.39, 0.29) is 12.4 Å². The molecule has 1 aliphatic rings. The van der Waals surface area contributed by atoms with Gasteiger partial charge in [-0.25, -0.2) is 0 Å². The minimum absolute atomic E-state index is 0.0942. The summed E-state index contributed by atoms with van der Waals surface area (Å²) in [6.07, 6.45) is 4.13. The highest BCUT2D eigenvalue weighted by atomic mass is 16.5. The van der Waals surface area contributed by atoms with Gasteiger partial charge in [-0.2, -0.15) is 0 Å². The predicted molar refractivity (Wildman–Crippen MR) is 83.0 cm³/mol. The van der Waals surface area contributed by atoms with E-state index in [0.29, 0.717) is 23.9 Å². The summed E-state index contributed by atoms with van der Waals surface area (Å²) < 4.78 is 5.33. The first-order chi connectivity index (χ1) is 10.2. The largest absolute Gasteiger partial charge is 0.496 e. The van der Waals surface area contributed by atoms with E-state index in [4.69, 9.17) is 9.84 Å². The monoisotopic (exact) mass is 291 g/mol. The van der Waals surface area contributed by atoms with E-state index in [1.165, 1.54) is 6.42 Å². The Balaban J connectivity index is 2.09. The molecule has 1 N–H and O–H groups in total. The molecule has 1 aliphatic heterocycles. The highest BCUT2D eigenvalue weighted by molar-refractivity contribution is 6.00. The van der Waals surface area contributed by atoms with E-state index in [2.05, 4.69) is 4.90 Å². The number of carbonyl (C=O) groups is 1. The van der Waals surface area contributed by atoms with Crippen molar-refractivity contribution in [2.45, 2.75) is 38.6 Å². The fourth-order valence-electron chi connectivity index (χ4n) is 3.04. The number of Topliss-reactive ketones (excluding diaryl/α,β-unsaturated/α-hetero) is 1. The molecule has 1 aromatic rings. The second-order valence-corrected chi connectivity index (χ2v) is 5.76. The van der Waals surface area contributed by atoms with Gasteiger partial charge in [-0.15, -0.1) is 0 Å². The smallest absolute Gasteiger partial charge is 0.180 e. The SMILES string of the molecule is COc1cc(C)ccc1C(=O)CN1CCCCC1CCO. The second kappa shape index (κ2) is 7.57. The van der Waals surface area contributed by atoms with Crippen molar-refractivity contribution in [3.05, 3.63) is 29.3 Å². The van der Waals surface area contributed by atoms with E-state index in [9.17, 15) is 4.79 Å². The third kappa shape index (κ3) is 4.05. The van der Waals surface area contributed by atoms with Gasteiger partial charge >= 0.3 is 0 Å². The zero-order valence-electron chi connectivity index (χ0n) is 13.0. The van der Waals surface area contributed by atoms with Gasteiger partial charge in [0.2, 0.25) is 0 Å². The number of aryl methyl sites for hydroxylation is 1. The first-order valence-electron chi connectivity index (χ1n) is 7.68. The number of aliphatic hydroxyl groups is 1. The molecule has 1 heterocycles. The van der Waals surface area contributed by atoms with Crippen molar-refractivity contribution in [1.82, 2.24) is 4.90 Å². The van der Waals surface area contributed by atoms with E-state index in [1.54, 1.807) is 7.11 Å². The zero-order chi connectivity index (χ0) is 15.2. The predicted octanol–water partition coefficient (Wildman–Crippen LogP) is 2.42. The van der Waals surface area contributed by atoms with Crippen LogP contribution in [0.3, 0.4) is 0 Å². The summed E-state index contributed by atoms with van der Waals surface area (Å²) in [5, 5.41) is 9.17. The van der Waals surface area contributed by atoms with Gasteiger partial charge in [0.1, 0.15) is 5.75 Å². The maximum absolute atomic E-state index is 12.6. The molecule has 0 aliphatic carbocycles. The van der Waals surface area contributed by atoms with Gasteiger partial charge in [-0.3, -0.25) is 9.69 Å². The number of nitrogens with zero attached hydrogens (tertiary/aromatic N) is 1. The van der Waals surface area contributed by atoms with Gasteiger partial charge in [-0.05, 0) is 50.4 Å². The van der Waals surface area contributed by atoms with Crippen LogP contribution in [0.4, 0.5) is 0 Å². The van der Waals surface area contributed by atoms with Crippen LogP contribution in [-0.4, -0.2) is 48.6 Å². The number of aliphatic hydroxyl groups excluding tert-OH is 1. The van der Waals surface area contributed by atoms with Gasteiger partial charge in [0, 0.05) is 12.6 Å². The molecule has 4 heteroatoms. The molecule has 1 aromatic carbocycles. The Morgan fingerprint density at radius 1 is 1.43 bits per heavy atom. The number of likely N-dealkylation sites (tertiary alicyclic amines) is 1. The Kier molecular flexibility index (Phi) is 5.76. The Bertz CT molecular complexity index is 485. The molecule has 116 valence electrons. The van der Waals surface area contributed by atoms with Crippen molar-refractivity contribution < 1.29 is 14.6 Å². The van der Waals surface area contributed by atoms with Gasteiger partial charge < -0.3 is 9.84 Å². The van der Waals surface area contributed by atoms with Crippen LogP contribution >= 0.6 is 0 Å². The van der Waals surface area contributed by atoms with Crippen molar-refractivity contribution in [2.75, 3.05) is 26.8 Å². The van der Waals surface area contributed by atoms with E-state index < -0.39 is 0 Å². The van der Waals surface area contributed by atoms with Crippen molar-refractivity contribution in [2.24, 2.45) is 0 Å². The molecule has 0 aromatic heterocycles. The normalized spacial score (nSPS) is 19.5. The van der Waals surface area contributed by atoms with Gasteiger partial charge in [0.25, 0.3) is 0 Å². The van der Waals surface area contributed by atoms with Crippen LogP contribution in [0, 0.1) is 6.92 Å². The second-order valence-electron chi connectivity index (χ2n) is 5.76. The molecule has 0 spiro atoms. The number of methoxy groups -OCH3 is 1. The highest BCUT2D eigenvalue weighted by Crippen LogP contribution is 2.23. The van der Waals surface area contributed by atoms with Crippen LogP contribution < -0.4 is 4.74 Å². The summed E-state index contributed by atoms with van der Waals surface area (Å²) in [7, 11) is 1.60. The van der Waals surface area contributed by atoms with E-state index in [0.717, 1.165) is 31.4 Å². The van der Waals surface area contributed by atoms with Gasteiger partial charge in [0.15, 0.2) is 5.78 Å². The van der Waals surface area contributed by atoms with E-state index in [1.807, 2.05) is 25.1 Å². The minimum atomic E-state index is 0.0942. The molecule has 0 saturated carbocycles. The molecule has 1 saturated heterocycles. The molecule has 1 unspecified atom stereocenters. The molecule has 0 amide bonds. The molecule has 1 atom stereocenters. The number of hydrogen-bond acceptors (Lipinski definition) is 4. The zero-order valence-corrected chi connectivity index (χ0v) is 13.0. The molecule has 1 fully saturated rings. The molecule has 0 bridgehead atoms. The number of hydrogen-bond donors (Lipinski definition) is 1. The number of benzene rings is 1. The number of ketones is 1. The number of ether oxygens (including phenoxy) is 1. The highest BCUT2D eigenvalue weighted by Gasteiger charge is 2.25. The lowest BCUT2D eigenvalue weighted by atomic mass is 9.98.